The molecule has 26 heavy (non-hydrogen) atoms. The first-order valence-electron chi connectivity index (χ1n) is 7.70. The van der Waals surface area contributed by atoms with Crippen LogP contribution in [-0.2, 0) is 4.74 Å². The molecule has 0 saturated carbocycles. The van der Waals surface area contributed by atoms with Crippen molar-refractivity contribution >= 4 is 11.8 Å². The van der Waals surface area contributed by atoms with E-state index in [-0.39, 0.29) is 22.8 Å². The Labute approximate surface area is 149 Å². The van der Waals surface area contributed by atoms with Crippen LogP contribution in [-0.4, -0.2) is 23.8 Å². The lowest BCUT2D eigenvalue weighted by Gasteiger charge is -2.11. The van der Waals surface area contributed by atoms with Gasteiger partial charge in [-0.1, -0.05) is 24.3 Å². The molecule has 3 aromatic rings. The van der Waals surface area contributed by atoms with Crippen LogP contribution in [0.5, 0.6) is 11.6 Å². The number of nitrogens with zero attached hydrogens (tertiary/aromatic N) is 1. The third kappa shape index (κ3) is 3.59. The maximum atomic E-state index is 14.3. The molecule has 0 aliphatic rings. The number of halogens is 1. The summed E-state index contributed by atoms with van der Waals surface area (Å²) in [6.45, 7) is 0. The molecule has 5 nitrogen and oxygen atoms in total. The molecule has 0 fully saturated rings. The smallest absolute Gasteiger partial charge is 0.337 e. The fraction of sp³-hybridized carbons (Fsp3) is 0.0500. The number of hydrogen-bond acceptors (Lipinski definition) is 5. The molecule has 2 aromatic carbocycles. The van der Waals surface area contributed by atoms with Crippen LogP contribution < -0.4 is 4.74 Å². The molecular weight excluding hydrogens is 337 g/mol. The van der Waals surface area contributed by atoms with Crippen LogP contribution in [0.15, 0.2) is 66.9 Å². The minimum Gasteiger partial charge on any atom is -0.465 e. The largest absolute Gasteiger partial charge is 0.465 e. The number of rotatable bonds is 5. The van der Waals surface area contributed by atoms with E-state index in [2.05, 4.69) is 9.72 Å². The highest BCUT2D eigenvalue weighted by Gasteiger charge is 2.19. The fourth-order valence-corrected chi connectivity index (χ4v) is 2.33. The van der Waals surface area contributed by atoms with E-state index in [0.717, 1.165) is 0 Å². The molecule has 1 aromatic heterocycles. The number of pyridine rings is 1. The Morgan fingerprint density at radius 2 is 1.65 bits per heavy atom. The quantitative estimate of drug-likeness (QED) is 0.513. The van der Waals surface area contributed by atoms with Crippen LogP contribution in [0.1, 0.15) is 26.3 Å². The van der Waals surface area contributed by atoms with E-state index in [1.807, 2.05) is 0 Å². The highest BCUT2D eigenvalue weighted by atomic mass is 19.1. The first-order valence-corrected chi connectivity index (χ1v) is 7.70. The van der Waals surface area contributed by atoms with Crippen LogP contribution in [0.4, 0.5) is 4.39 Å². The second-order valence-corrected chi connectivity index (χ2v) is 5.28. The molecule has 0 radical (unpaired) electrons. The highest BCUT2D eigenvalue weighted by Crippen LogP contribution is 2.29. The molecule has 130 valence electrons. The van der Waals surface area contributed by atoms with Gasteiger partial charge in [-0.3, -0.25) is 4.79 Å². The number of ketones is 1. The fourth-order valence-electron chi connectivity index (χ4n) is 2.33. The Balaban J connectivity index is 1.94. The van der Waals surface area contributed by atoms with E-state index in [0.29, 0.717) is 5.56 Å². The molecule has 0 aliphatic carbocycles. The summed E-state index contributed by atoms with van der Waals surface area (Å²) in [5.41, 5.74) is 0.656. The van der Waals surface area contributed by atoms with Gasteiger partial charge in [-0.2, -0.15) is 0 Å². The van der Waals surface area contributed by atoms with Gasteiger partial charge in [0, 0.05) is 17.8 Å². The number of benzene rings is 2. The molecule has 6 heteroatoms. The third-order valence-corrected chi connectivity index (χ3v) is 3.62. The normalized spacial score (nSPS) is 10.2. The number of para-hydroxylation sites is 1. The van der Waals surface area contributed by atoms with Crippen LogP contribution in [0.2, 0.25) is 0 Å². The Morgan fingerprint density at radius 1 is 0.923 bits per heavy atom. The molecular formula is C20H14FNO4. The highest BCUT2D eigenvalue weighted by molar-refractivity contribution is 6.11. The van der Waals surface area contributed by atoms with Gasteiger partial charge in [-0.25, -0.2) is 14.2 Å². The Morgan fingerprint density at radius 3 is 2.31 bits per heavy atom. The van der Waals surface area contributed by atoms with Gasteiger partial charge in [0.1, 0.15) is 0 Å². The van der Waals surface area contributed by atoms with Gasteiger partial charge in [0.2, 0.25) is 5.88 Å². The van der Waals surface area contributed by atoms with Crippen molar-refractivity contribution in [2.45, 2.75) is 0 Å². The van der Waals surface area contributed by atoms with Gasteiger partial charge < -0.3 is 9.47 Å². The van der Waals surface area contributed by atoms with E-state index in [1.165, 1.54) is 55.8 Å². The van der Waals surface area contributed by atoms with Crippen LogP contribution in [0, 0.1) is 5.82 Å². The predicted octanol–water partition coefficient (Wildman–Crippen LogP) is 4.03. The number of methoxy groups -OCH3 is 1. The lowest BCUT2D eigenvalue weighted by molar-refractivity contribution is 0.0600. The minimum atomic E-state index is -0.673. The lowest BCUT2D eigenvalue weighted by Crippen LogP contribution is -2.07. The molecule has 1 heterocycles. The van der Waals surface area contributed by atoms with Crippen molar-refractivity contribution in [1.29, 1.82) is 0 Å². The van der Waals surface area contributed by atoms with Crippen molar-refractivity contribution in [3.8, 4) is 11.6 Å². The Bertz CT molecular complexity index is 940. The van der Waals surface area contributed by atoms with Gasteiger partial charge in [0.05, 0.1) is 18.2 Å². The van der Waals surface area contributed by atoms with Gasteiger partial charge in [0.25, 0.3) is 0 Å². The maximum Gasteiger partial charge on any atom is 0.337 e. The number of carbonyl (C=O) groups is 2. The van der Waals surface area contributed by atoms with Crippen LogP contribution >= 0.6 is 0 Å². The number of hydrogen-bond donors (Lipinski definition) is 0. The Hall–Kier alpha value is -3.54. The van der Waals surface area contributed by atoms with Crippen molar-refractivity contribution in [2.24, 2.45) is 0 Å². The molecule has 3 rings (SSSR count). The van der Waals surface area contributed by atoms with Crippen molar-refractivity contribution in [2.75, 3.05) is 7.11 Å². The second-order valence-electron chi connectivity index (χ2n) is 5.28. The minimum absolute atomic E-state index is 0.0569. The summed E-state index contributed by atoms with van der Waals surface area (Å²) in [5, 5.41) is 0. The van der Waals surface area contributed by atoms with Crippen molar-refractivity contribution in [1.82, 2.24) is 4.98 Å². The summed E-state index contributed by atoms with van der Waals surface area (Å²) in [6.07, 6.45) is 1.50. The van der Waals surface area contributed by atoms with Crippen LogP contribution in [0.25, 0.3) is 0 Å². The predicted molar refractivity (Wildman–Crippen MR) is 91.9 cm³/mol. The molecule has 0 unspecified atom stereocenters. The average Bonchev–Trinajstić information content (AvgIpc) is 2.69. The molecule has 0 N–H and O–H groups in total. The van der Waals surface area contributed by atoms with E-state index < -0.39 is 17.6 Å². The first-order chi connectivity index (χ1) is 12.6. The Kier molecular flexibility index (Phi) is 5.03. The van der Waals surface area contributed by atoms with E-state index in [9.17, 15) is 14.0 Å². The van der Waals surface area contributed by atoms with Gasteiger partial charge in [0.15, 0.2) is 17.3 Å². The van der Waals surface area contributed by atoms with Gasteiger partial charge >= 0.3 is 5.97 Å². The third-order valence-electron chi connectivity index (χ3n) is 3.62. The average molecular weight is 351 g/mol. The SMILES string of the molecule is COC(=O)c1ccc(C(=O)c2cccc(F)c2Oc2ccccn2)cc1. The lowest BCUT2D eigenvalue weighted by atomic mass is 10.0. The molecule has 0 saturated heterocycles. The number of esters is 1. The van der Waals surface area contributed by atoms with E-state index >= 15 is 0 Å². The van der Waals surface area contributed by atoms with Gasteiger partial charge in [-0.05, 0) is 30.3 Å². The standard InChI is InChI=1S/C20H14FNO4/c1-25-20(24)14-10-8-13(9-11-14)18(23)15-5-4-6-16(21)19(15)26-17-7-2-3-12-22-17/h2-12H,1H3. The van der Waals surface area contributed by atoms with E-state index in [4.69, 9.17) is 4.74 Å². The first kappa shape index (κ1) is 17.3. The molecule has 0 bridgehead atoms. The van der Waals surface area contributed by atoms with Crippen molar-refractivity contribution < 1.29 is 23.5 Å². The van der Waals surface area contributed by atoms with Crippen LogP contribution in [0.3, 0.4) is 0 Å². The topological polar surface area (TPSA) is 65.5 Å². The summed E-state index contributed by atoms with van der Waals surface area (Å²) in [7, 11) is 1.27. The number of carbonyl (C=O) groups excluding carboxylic acids is 2. The van der Waals surface area contributed by atoms with Crippen molar-refractivity contribution in [3.05, 3.63) is 89.4 Å². The molecule has 0 aliphatic heterocycles. The maximum absolute atomic E-state index is 14.3. The number of aromatic nitrogens is 1. The second kappa shape index (κ2) is 7.57. The summed E-state index contributed by atoms with van der Waals surface area (Å²) < 4.78 is 24.4. The summed E-state index contributed by atoms with van der Waals surface area (Å²) in [5.74, 6) is -1.64. The van der Waals surface area contributed by atoms with Gasteiger partial charge in [-0.15, -0.1) is 0 Å². The summed E-state index contributed by atoms with van der Waals surface area (Å²) in [6, 6.07) is 14.9. The summed E-state index contributed by atoms with van der Waals surface area (Å²) in [4.78, 5) is 28.2. The zero-order chi connectivity index (χ0) is 18.5. The summed E-state index contributed by atoms with van der Waals surface area (Å²) >= 11 is 0. The molecule has 0 amide bonds. The molecule has 0 atom stereocenters. The number of ether oxygens (including phenoxy) is 2. The monoisotopic (exact) mass is 351 g/mol. The van der Waals surface area contributed by atoms with Crippen molar-refractivity contribution in [3.63, 3.8) is 0 Å². The van der Waals surface area contributed by atoms with E-state index in [1.54, 1.807) is 18.2 Å². The molecule has 0 spiro atoms. The zero-order valence-electron chi connectivity index (χ0n) is 13.8. The zero-order valence-corrected chi connectivity index (χ0v) is 13.8.